The number of oxime groups is 1. The van der Waals surface area contributed by atoms with Gasteiger partial charge in [0, 0.05) is 12.1 Å². The van der Waals surface area contributed by atoms with Crippen molar-refractivity contribution in [1.29, 1.82) is 0 Å². The third-order valence-corrected chi connectivity index (χ3v) is 3.50. The molecular formula is C16H14Cl2N2O4. The van der Waals surface area contributed by atoms with Gasteiger partial charge in [-0.15, -0.1) is 0 Å². The first-order valence-corrected chi connectivity index (χ1v) is 7.77. The molecule has 0 bridgehead atoms. The van der Waals surface area contributed by atoms with Gasteiger partial charge in [0.25, 0.3) is 5.69 Å². The molecule has 0 fully saturated rings. The van der Waals surface area contributed by atoms with E-state index >= 15 is 0 Å². The Balaban J connectivity index is 1.99. The maximum atomic E-state index is 10.7. The summed E-state index contributed by atoms with van der Waals surface area (Å²) < 4.78 is 5.34. The van der Waals surface area contributed by atoms with E-state index in [2.05, 4.69) is 5.16 Å². The van der Waals surface area contributed by atoms with Crippen molar-refractivity contribution in [3.8, 4) is 5.75 Å². The Morgan fingerprint density at radius 2 is 1.96 bits per heavy atom. The number of hydrogen-bond acceptors (Lipinski definition) is 5. The van der Waals surface area contributed by atoms with Crippen molar-refractivity contribution >= 4 is 35.1 Å². The maximum Gasteiger partial charge on any atom is 0.269 e. The molecule has 0 aliphatic carbocycles. The molecule has 0 aliphatic rings. The number of nitro benzene ring substituents is 1. The first-order chi connectivity index (χ1) is 11.5. The van der Waals surface area contributed by atoms with E-state index in [1.807, 2.05) is 6.92 Å². The highest BCUT2D eigenvalue weighted by molar-refractivity contribution is 6.37. The molecule has 2 aromatic rings. The summed E-state index contributed by atoms with van der Waals surface area (Å²) in [5.74, 6) is 0.426. The second-order valence-corrected chi connectivity index (χ2v) is 5.50. The summed E-state index contributed by atoms with van der Waals surface area (Å²) in [6.07, 6.45) is 1.45. The van der Waals surface area contributed by atoms with E-state index in [-0.39, 0.29) is 12.3 Å². The Bertz CT molecular complexity index is 742. The Labute approximate surface area is 148 Å². The maximum absolute atomic E-state index is 10.7. The predicted molar refractivity (Wildman–Crippen MR) is 93.1 cm³/mol. The molecule has 0 saturated carbocycles. The Morgan fingerprint density at radius 1 is 1.25 bits per heavy atom. The van der Waals surface area contributed by atoms with Crippen molar-refractivity contribution < 1.29 is 14.5 Å². The summed E-state index contributed by atoms with van der Waals surface area (Å²) in [5.41, 5.74) is 1.29. The van der Waals surface area contributed by atoms with Gasteiger partial charge in [0.2, 0.25) is 0 Å². The average molecular weight is 369 g/mol. The van der Waals surface area contributed by atoms with E-state index in [0.717, 1.165) is 0 Å². The van der Waals surface area contributed by atoms with Gasteiger partial charge in [0.05, 0.1) is 27.8 Å². The number of halogens is 2. The number of rotatable bonds is 7. The molecule has 0 aliphatic heterocycles. The summed E-state index contributed by atoms with van der Waals surface area (Å²) in [4.78, 5) is 15.4. The fourth-order valence-corrected chi connectivity index (χ4v) is 2.52. The van der Waals surface area contributed by atoms with Crippen molar-refractivity contribution in [1.82, 2.24) is 0 Å². The minimum Gasteiger partial charge on any atom is -0.491 e. The number of non-ortho nitro benzene ring substituents is 1. The molecule has 8 heteroatoms. The predicted octanol–water partition coefficient (Wildman–Crippen LogP) is 4.85. The van der Waals surface area contributed by atoms with Crippen LogP contribution in [0.25, 0.3) is 0 Å². The van der Waals surface area contributed by atoms with E-state index < -0.39 is 4.92 Å². The third-order valence-electron chi connectivity index (χ3n) is 2.94. The Hall–Kier alpha value is -2.31. The van der Waals surface area contributed by atoms with Crippen molar-refractivity contribution in [2.24, 2.45) is 5.16 Å². The molecule has 0 unspecified atom stereocenters. The molecule has 0 radical (unpaired) electrons. The van der Waals surface area contributed by atoms with Crippen molar-refractivity contribution in [2.45, 2.75) is 13.5 Å². The van der Waals surface area contributed by atoms with Gasteiger partial charge in [0.1, 0.15) is 6.61 Å². The van der Waals surface area contributed by atoms with E-state index in [1.165, 1.54) is 18.3 Å². The summed E-state index contributed by atoms with van der Waals surface area (Å²) in [6, 6.07) is 9.45. The molecule has 0 N–H and O–H groups in total. The molecule has 0 amide bonds. The van der Waals surface area contributed by atoms with Crippen LogP contribution in [0.15, 0.2) is 41.6 Å². The Kier molecular flexibility index (Phi) is 6.40. The standard InChI is InChI=1S/C16H14Cl2N2O4/c1-2-23-16-14(17)7-12(8-15(16)18)9-19-24-10-11-4-3-5-13(6-11)20(21)22/h3-9H,2,10H2,1H3/b19-9-. The van der Waals surface area contributed by atoms with Crippen LogP contribution < -0.4 is 4.74 Å². The zero-order valence-corrected chi connectivity index (χ0v) is 14.3. The summed E-state index contributed by atoms with van der Waals surface area (Å²) >= 11 is 12.2. The molecule has 0 spiro atoms. The smallest absolute Gasteiger partial charge is 0.269 e. The van der Waals surface area contributed by atoms with Gasteiger partial charge in [-0.25, -0.2) is 0 Å². The molecular weight excluding hydrogens is 355 g/mol. The molecule has 0 aromatic heterocycles. The minimum atomic E-state index is -0.462. The second kappa shape index (κ2) is 8.52. The molecule has 126 valence electrons. The highest BCUT2D eigenvalue weighted by atomic mass is 35.5. The van der Waals surface area contributed by atoms with Crippen LogP contribution in [0.1, 0.15) is 18.1 Å². The average Bonchev–Trinajstić information content (AvgIpc) is 2.55. The van der Waals surface area contributed by atoms with Crippen LogP contribution in [0, 0.1) is 10.1 Å². The number of nitrogens with zero attached hydrogens (tertiary/aromatic N) is 2. The molecule has 0 heterocycles. The Morgan fingerprint density at radius 3 is 2.58 bits per heavy atom. The summed E-state index contributed by atoms with van der Waals surface area (Å²) in [5, 5.41) is 15.3. The van der Waals surface area contributed by atoms with E-state index in [4.69, 9.17) is 32.8 Å². The first-order valence-electron chi connectivity index (χ1n) is 7.01. The topological polar surface area (TPSA) is 74.0 Å². The van der Waals surface area contributed by atoms with Crippen molar-refractivity contribution in [2.75, 3.05) is 6.61 Å². The monoisotopic (exact) mass is 368 g/mol. The minimum absolute atomic E-state index is 0.00477. The van der Waals surface area contributed by atoms with Gasteiger partial charge >= 0.3 is 0 Å². The quantitative estimate of drug-likeness (QED) is 0.397. The van der Waals surface area contributed by atoms with Crippen LogP contribution in [0.5, 0.6) is 5.75 Å². The lowest BCUT2D eigenvalue weighted by Crippen LogP contribution is -1.95. The lowest BCUT2D eigenvalue weighted by atomic mass is 10.2. The molecule has 2 aromatic carbocycles. The van der Waals surface area contributed by atoms with Crippen LogP contribution in [0.4, 0.5) is 5.69 Å². The van der Waals surface area contributed by atoms with Gasteiger partial charge in [-0.3, -0.25) is 10.1 Å². The van der Waals surface area contributed by atoms with Crippen molar-refractivity contribution in [3.63, 3.8) is 0 Å². The van der Waals surface area contributed by atoms with Crippen LogP contribution in [0.3, 0.4) is 0 Å². The van der Waals surface area contributed by atoms with E-state index in [0.29, 0.717) is 33.5 Å². The lowest BCUT2D eigenvalue weighted by molar-refractivity contribution is -0.384. The molecule has 24 heavy (non-hydrogen) atoms. The fraction of sp³-hybridized carbons (Fsp3) is 0.188. The van der Waals surface area contributed by atoms with E-state index in [1.54, 1.807) is 24.3 Å². The van der Waals surface area contributed by atoms with Gasteiger partial charge < -0.3 is 9.57 Å². The molecule has 6 nitrogen and oxygen atoms in total. The SMILES string of the molecule is CCOc1c(Cl)cc(/C=N\OCc2cccc([N+](=O)[O-])c2)cc1Cl. The zero-order chi connectivity index (χ0) is 17.5. The third kappa shape index (κ3) is 4.84. The van der Waals surface area contributed by atoms with Crippen LogP contribution >= 0.6 is 23.2 Å². The van der Waals surface area contributed by atoms with Gasteiger partial charge in [-0.1, -0.05) is 40.5 Å². The number of benzene rings is 2. The number of nitro groups is 1. The number of ether oxygens (including phenoxy) is 1. The largest absolute Gasteiger partial charge is 0.491 e. The fourth-order valence-electron chi connectivity index (χ4n) is 1.91. The highest BCUT2D eigenvalue weighted by Crippen LogP contribution is 2.33. The lowest BCUT2D eigenvalue weighted by Gasteiger charge is -2.08. The van der Waals surface area contributed by atoms with Crippen LogP contribution in [-0.2, 0) is 11.4 Å². The van der Waals surface area contributed by atoms with E-state index in [9.17, 15) is 10.1 Å². The normalized spacial score (nSPS) is 10.8. The summed E-state index contributed by atoms with van der Waals surface area (Å²) in [7, 11) is 0. The summed E-state index contributed by atoms with van der Waals surface area (Å²) in [6.45, 7) is 2.40. The second-order valence-electron chi connectivity index (χ2n) is 4.68. The number of hydrogen-bond donors (Lipinski definition) is 0. The van der Waals surface area contributed by atoms with Gasteiger partial charge in [-0.2, -0.15) is 0 Å². The zero-order valence-electron chi connectivity index (χ0n) is 12.7. The van der Waals surface area contributed by atoms with Gasteiger partial charge in [0.15, 0.2) is 5.75 Å². The van der Waals surface area contributed by atoms with Crippen LogP contribution in [-0.4, -0.2) is 17.7 Å². The molecule has 2 rings (SSSR count). The van der Waals surface area contributed by atoms with Crippen LogP contribution in [0.2, 0.25) is 10.0 Å². The first kappa shape index (κ1) is 18.0. The highest BCUT2D eigenvalue weighted by Gasteiger charge is 2.08. The van der Waals surface area contributed by atoms with Gasteiger partial charge in [-0.05, 0) is 30.2 Å². The molecule has 0 saturated heterocycles. The molecule has 0 atom stereocenters. The van der Waals surface area contributed by atoms with Crippen molar-refractivity contribution in [3.05, 3.63) is 67.7 Å².